The van der Waals surface area contributed by atoms with Gasteiger partial charge in [0.1, 0.15) is 0 Å². The third kappa shape index (κ3) is 10.3. The summed E-state index contributed by atoms with van der Waals surface area (Å²) in [5.41, 5.74) is 2.84. The van der Waals surface area contributed by atoms with Crippen LogP contribution in [-0.2, 0) is 12.8 Å². The lowest BCUT2D eigenvalue weighted by molar-refractivity contribution is 0.457. The van der Waals surface area contributed by atoms with Crippen LogP contribution in [0, 0.1) is 0 Å². The van der Waals surface area contributed by atoms with Crippen LogP contribution in [0.3, 0.4) is 0 Å². The Morgan fingerprint density at radius 1 is 0.593 bits per heavy atom. The van der Waals surface area contributed by atoms with E-state index < -0.39 is 0 Å². The van der Waals surface area contributed by atoms with Crippen LogP contribution in [0.25, 0.3) is 0 Å². The van der Waals surface area contributed by atoms with Crippen molar-refractivity contribution in [3.05, 3.63) is 71.8 Å². The zero-order valence-corrected chi connectivity index (χ0v) is 17.3. The van der Waals surface area contributed by atoms with Crippen LogP contribution in [0.4, 0.5) is 0 Å². The molecule has 2 aromatic rings. The third-order valence-corrected chi connectivity index (χ3v) is 5.27. The topological polar surface area (TPSA) is 24.1 Å². The van der Waals surface area contributed by atoms with E-state index in [0.717, 1.165) is 25.9 Å². The van der Waals surface area contributed by atoms with Crippen LogP contribution in [0.15, 0.2) is 60.7 Å². The van der Waals surface area contributed by atoms with Crippen molar-refractivity contribution in [2.75, 3.05) is 13.1 Å². The van der Waals surface area contributed by atoms with Gasteiger partial charge in [-0.2, -0.15) is 0 Å². The summed E-state index contributed by atoms with van der Waals surface area (Å²) >= 11 is 0. The molecule has 2 aromatic carbocycles. The molecule has 0 heterocycles. The van der Waals surface area contributed by atoms with Gasteiger partial charge in [-0.05, 0) is 63.7 Å². The van der Waals surface area contributed by atoms with Gasteiger partial charge in [-0.1, -0.05) is 79.9 Å². The van der Waals surface area contributed by atoms with Crippen molar-refractivity contribution in [1.82, 2.24) is 10.6 Å². The number of unbranched alkanes of at least 4 members (excludes halogenated alkanes) is 2. The van der Waals surface area contributed by atoms with Crippen LogP contribution in [0.1, 0.15) is 57.1 Å². The number of rotatable bonds is 14. The van der Waals surface area contributed by atoms with E-state index in [1.165, 1.54) is 43.2 Å². The average molecular weight is 367 g/mol. The summed E-state index contributed by atoms with van der Waals surface area (Å²) in [6.07, 6.45) is 8.81. The highest BCUT2D eigenvalue weighted by molar-refractivity contribution is 5.15. The number of benzene rings is 2. The Morgan fingerprint density at radius 2 is 1.00 bits per heavy atom. The van der Waals surface area contributed by atoms with Gasteiger partial charge in [-0.25, -0.2) is 0 Å². The molecule has 0 spiro atoms. The van der Waals surface area contributed by atoms with Crippen molar-refractivity contribution >= 4 is 0 Å². The first kappa shape index (κ1) is 21.7. The standard InChI is InChI=1S/C25H38N2/c1-22(26-20-18-24-14-8-4-9-15-24)12-6-3-7-13-23(2)27-21-19-25-16-10-5-11-17-25/h4-5,8-11,14-17,22-23,26-27H,3,6-7,12-13,18-21H2,1-2H3/t22-,23+. The van der Waals surface area contributed by atoms with E-state index in [9.17, 15) is 0 Å². The van der Waals surface area contributed by atoms with Gasteiger partial charge in [0.15, 0.2) is 0 Å². The van der Waals surface area contributed by atoms with Crippen LogP contribution in [0.2, 0.25) is 0 Å². The average Bonchev–Trinajstić information content (AvgIpc) is 2.69. The fraction of sp³-hybridized carbons (Fsp3) is 0.520. The lowest BCUT2D eigenvalue weighted by Gasteiger charge is -2.15. The molecule has 0 aliphatic carbocycles. The van der Waals surface area contributed by atoms with E-state index in [2.05, 4.69) is 85.1 Å². The first-order valence-electron chi connectivity index (χ1n) is 10.8. The number of hydrogen-bond donors (Lipinski definition) is 2. The zero-order chi connectivity index (χ0) is 19.2. The normalized spacial score (nSPS) is 13.4. The molecule has 2 nitrogen and oxygen atoms in total. The monoisotopic (exact) mass is 366 g/mol. The van der Waals surface area contributed by atoms with Crippen LogP contribution >= 0.6 is 0 Å². The number of nitrogens with one attached hydrogen (secondary N) is 2. The molecule has 148 valence electrons. The van der Waals surface area contributed by atoms with Crippen molar-refractivity contribution in [1.29, 1.82) is 0 Å². The SMILES string of the molecule is C[C@H](CCCCC[C@H](C)NCCc1ccccc1)NCCc1ccccc1. The second kappa shape index (κ2) is 13.5. The van der Waals surface area contributed by atoms with Gasteiger partial charge in [-0.3, -0.25) is 0 Å². The summed E-state index contributed by atoms with van der Waals surface area (Å²) < 4.78 is 0. The molecule has 0 aliphatic rings. The lowest BCUT2D eigenvalue weighted by Crippen LogP contribution is -2.28. The first-order chi connectivity index (χ1) is 13.2. The summed E-state index contributed by atoms with van der Waals surface area (Å²) in [7, 11) is 0. The Hall–Kier alpha value is -1.64. The summed E-state index contributed by atoms with van der Waals surface area (Å²) in [6, 6.07) is 22.7. The van der Waals surface area contributed by atoms with Gasteiger partial charge in [0, 0.05) is 12.1 Å². The fourth-order valence-corrected chi connectivity index (χ4v) is 3.50. The second-order valence-corrected chi connectivity index (χ2v) is 7.82. The smallest absolute Gasteiger partial charge is 0.00388 e. The van der Waals surface area contributed by atoms with Gasteiger partial charge < -0.3 is 10.6 Å². The Balaban J connectivity index is 1.41. The van der Waals surface area contributed by atoms with E-state index in [-0.39, 0.29) is 0 Å². The van der Waals surface area contributed by atoms with E-state index >= 15 is 0 Å². The van der Waals surface area contributed by atoms with Crippen molar-refractivity contribution in [2.24, 2.45) is 0 Å². The van der Waals surface area contributed by atoms with Gasteiger partial charge >= 0.3 is 0 Å². The fourth-order valence-electron chi connectivity index (χ4n) is 3.50. The molecule has 0 aromatic heterocycles. The molecular formula is C25H38N2. The molecule has 2 N–H and O–H groups in total. The Labute approximate surface area is 166 Å². The van der Waals surface area contributed by atoms with E-state index in [0.29, 0.717) is 12.1 Å². The van der Waals surface area contributed by atoms with Gasteiger partial charge in [0.05, 0.1) is 0 Å². The zero-order valence-electron chi connectivity index (χ0n) is 17.3. The summed E-state index contributed by atoms with van der Waals surface area (Å²) in [5, 5.41) is 7.32. The predicted molar refractivity (Wildman–Crippen MR) is 118 cm³/mol. The predicted octanol–water partition coefficient (Wildman–Crippen LogP) is 5.38. The van der Waals surface area contributed by atoms with Gasteiger partial charge in [0.25, 0.3) is 0 Å². The van der Waals surface area contributed by atoms with Gasteiger partial charge in [0.2, 0.25) is 0 Å². The molecule has 0 saturated heterocycles. The molecule has 0 aliphatic heterocycles. The van der Waals surface area contributed by atoms with Crippen molar-refractivity contribution in [2.45, 2.75) is 70.9 Å². The highest BCUT2D eigenvalue weighted by Crippen LogP contribution is 2.08. The molecule has 0 bridgehead atoms. The number of hydrogen-bond acceptors (Lipinski definition) is 2. The molecule has 0 saturated carbocycles. The highest BCUT2D eigenvalue weighted by atomic mass is 14.9. The van der Waals surface area contributed by atoms with E-state index in [1.54, 1.807) is 0 Å². The minimum atomic E-state index is 0.620. The second-order valence-electron chi connectivity index (χ2n) is 7.82. The molecule has 27 heavy (non-hydrogen) atoms. The van der Waals surface area contributed by atoms with Crippen molar-refractivity contribution in [3.8, 4) is 0 Å². The molecule has 0 unspecified atom stereocenters. The Morgan fingerprint density at radius 3 is 1.41 bits per heavy atom. The highest BCUT2D eigenvalue weighted by Gasteiger charge is 2.04. The minimum absolute atomic E-state index is 0.620. The van der Waals surface area contributed by atoms with Crippen molar-refractivity contribution in [3.63, 3.8) is 0 Å². The summed E-state index contributed by atoms with van der Waals surface area (Å²) in [4.78, 5) is 0. The molecular weight excluding hydrogens is 328 g/mol. The van der Waals surface area contributed by atoms with Crippen LogP contribution in [0.5, 0.6) is 0 Å². The maximum Gasteiger partial charge on any atom is 0.00388 e. The molecule has 0 fully saturated rings. The molecule has 0 radical (unpaired) electrons. The van der Waals surface area contributed by atoms with Crippen LogP contribution < -0.4 is 10.6 Å². The van der Waals surface area contributed by atoms with E-state index in [1.807, 2.05) is 0 Å². The van der Waals surface area contributed by atoms with Crippen LogP contribution in [-0.4, -0.2) is 25.2 Å². The molecule has 2 rings (SSSR count). The summed E-state index contributed by atoms with van der Waals surface area (Å²) in [5.74, 6) is 0. The third-order valence-electron chi connectivity index (χ3n) is 5.27. The lowest BCUT2D eigenvalue weighted by atomic mass is 10.1. The van der Waals surface area contributed by atoms with Crippen molar-refractivity contribution < 1.29 is 0 Å². The summed E-state index contributed by atoms with van der Waals surface area (Å²) in [6.45, 7) is 6.79. The molecule has 2 atom stereocenters. The Kier molecular flexibility index (Phi) is 10.8. The minimum Gasteiger partial charge on any atom is -0.314 e. The van der Waals surface area contributed by atoms with E-state index in [4.69, 9.17) is 0 Å². The Bertz CT molecular complexity index is 528. The quantitative estimate of drug-likeness (QED) is 0.439. The maximum atomic E-state index is 3.66. The maximum absolute atomic E-state index is 3.66. The van der Waals surface area contributed by atoms with Gasteiger partial charge in [-0.15, -0.1) is 0 Å². The molecule has 2 heteroatoms. The first-order valence-corrected chi connectivity index (χ1v) is 10.8. The largest absolute Gasteiger partial charge is 0.314 e. The molecule has 0 amide bonds.